The van der Waals surface area contributed by atoms with Crippen molar-refractivity contribution in [2.75, 3.05) is 38.1 Å². The molecule has 0 unspecified atom stereocenters. The highest BCUT2D eigenvalue weighted by Crippen LogP contribution is 2.30. The maximum absolute atomic E-state index is 14.3. The van der Waals surface area contributed by atoms with Crippen LogP contribution in [0.5, 0.6) is 0 Å². The third-order valence-corrected chi connectivity index (χ3v) is 5.14. The summed E-state index contributed by atoms with van der Waals surface area (Å²) in [7, 11) is 2.13. The van der Waals surface area contributed by atoms with E-state index in [0.717, 1.165) is 49.0 Å². The standard InChI is InChI=1S/C19H18F2N6/c1-26-4-6-27(7-5-26)12-2-3-14-15(10-12)23-19(22-14)18-17-13(21)8-11(20)9-16(17)24-25-18/h2-3,8-10H,4-7H2,1H3,(H,22,23)(H,24,25). The van der Waals surface area contributed by atoms with Crippen LogP contribution in [0.4, 0.5) is 14.5 Å². The summed E-state index contributed by atoms with van der Waals surface area (Å²) in [6.45, 7) is 4.01. The third-order valence-electron chi connectivity index (χ3n) is 5.14. The predicted octanol–water partition coefficient (Wildman–Crippen LogP) is 3.14. The number of rotatable bonds is 2. The van der Waals surface area contributed by atoms with E-state index < -0.39 is 11.6 Å². The molecule has 4 aromatic rings. The molecular weight excluding hydrogens is 350 g/mol. The average molecular weight is 368 g/mol. The van der Waals surface area contributed by atoms with Gasteiger partial charge in [-0.1, -0.05) is 0 Å². The number of anilines is 1. The summed E-state index contributed by atoms with van der Waals surface area (Å²) in [5, 5.41) is 7.05. The van der Waals surface area contributed by atoms with Gasteiger partial charge in [-0.05, 0) is 31.3 Å². The van der Waals surface area contributed by atoms with Crippen LogP contribution < -0.4 is 4.90 Å². The van der Waals surface area contributed by atoms with Crippen LogP contribution in [0, 0.1) is 11.6 Å². The fourth-order valence-corrected chi connectivity index (χ4v) is 3.62. The molecule has 0 amide bonds. The highest BCUT2D eigenvalue weighted by molar-refractivity contribution is 5.93. The van der Waals surface area contributed by atoms with Crippen LogP contribution in [-0.4, -0.2) is 58.3 Å². The van der Waals surface area contributed by atoms with Crippen LogP contribution >= 0.6 is 0 Å². The van der Waals surface area contributed by atoms with Crippen LogP contribution in [0.25, 0.3) is 33.5 Å². The molecule has 0 bridgehead atoms. The Morgan fingerprint density at radius 3 is 2.63 bits per heavy atom. The molecule has 6 nitrogen and oxygen atoms in total. The van der Waals surface area contributed by atoms with Crippen LogP contribution in [0.15, 0.2) is 30.3 Å². The van der Waals surface area contributed by atoms with Crippen LogP contribution in [0.1, 0.15) is 0 Å². The normalized spacial score (nSPS) is 15.9. The second-order valence-electron chi connectivity index (χ2n) is 6.96. The number of likely N-dealkylation sites (N-methyl/N-ethyl adjacent to an activating group) is 1. The van der Waals surface area contributed by atoms with E-state index in [4.69, 9.17) is 0 Å². The molecule has 27 heavy (non-hydrogen) atoms. The van der Waals surface area contributed by atoms with Crippen molar-refractivity contribution in [1.29, 1.82) is 0 Å². The van der Waals surface area contributed by atoms with Gasteiger partial charge in [0.1, 0.15) is 17.3 Å². The van der Waals surface area contributed by atoms with Gasteiger partial charge < -0.3 is 14.8 Å². The Kier molecular flexibility index (Phi) is 3.61. The molecular formula is C19H18F2N6. The number of nitrogens with one attached hydrogen (secondary N) is 2. The Bertz CT molecular complexity index is 1140. The predicted molar refractivity (Wildman–Crippen MR) is 101 cm³/mol. The van der Waals surface area contributed by atoms with Crippen molar-refractivity contribution in [3.63, 3.8) is 0 Å². The first kappa shape index (κ1) is 16.2. The Morgan fingerprint density at radius 2 is 1.81 bits per heavy atom. The SMILES string of the molecule is CN1CCN(c2ccc3nc(-c4n[nH]c5cc(F)cc(F)c45)[nH]c3c2)CC1. The van der Waals surface area contributed by atoms with Gasteiger partial charge in [-0.15, -0.1) is 0 Å². The molecule has 1 aliphatic rings. The number of halogens is 2. The maximum atomic E-state index is 14.3. The number of piperazine rings is 1. The van der Waals surface area contributed by atoms with Crippen molar-refractivity contribution < 1.29 is 8.78 Å². The molecule has 0 radical (unpaired) electrons. The molecule has 5 rings (SSSR count). The van der Waals surface area contributed by atoms with Crippen molar-refractivity contribution in [2.45, 2.75) is 0 Å². The molecule has 8 heteroatoms. The van der Waals surface area contributed by atoms with Gasteiger partial charge in [0.2, 0.25) is 0 Å². The molecule has 2 aromatic heterocycles. The highest BCUT2D eigenvalue weighted by Gasteiger charge is 2.18. The summed E-state index contributed by atoms with van der Waals surface area (Å²) in [5.74, 6) is -0.846. The van der Waals surface area contributed by atoms with Crippen LogP contribution in [0.3, 0.4) is 0 Å². The number of imidazole rings is 1. The number of benzene rings is 2. The number of hydrogen-bond donors (Lipinski definition) is 2. The summed E-state index contributed by atoms with van der Waals surface area (Å²) >= 11 is 0. The number of H-pyrrole nitrogens is 2. The van der Waals surface area contributed by atoms with Crippen molar-refractivity contribution >= 4 is 27.6 Å². The van der Waals surface area contributed by atoms with Gasteiger partial charge in [-0.25, -0.2) is 13.8 Å². The van der Waals surface area contributed by atoms with Crippen molar-refractivity contribution in [2.24, 2.45) is 0 Å². The van der Waals surface area contributed by atoms with E-state index in [1.807, 2.05) is 6.07 Å². The quantitative estimate of drug-likeness (QED) is 0.571. The number of aromatic nitrogens is 4. The minimum Gasteiger partial charge on any atom is -0.369 e. The first-order valence-corrected chi connectivity index (χ1v) is 8.85. The van der Waals surface area contributed by atoms with Gasteiger partial charge >= 0.3 is 0 Å². The monoisotopic (exact) mass is 368 g/mol. The first-order valence-electron chi connectivity index (χ1n) is 8.85. The lowest BCUT2D eigenvalue weighted by molar-refractivity contribution is 0.313. The minimum atomic E-state index is -0.660. The van der Waals surface area contributed by atoms with E-state index in [1.54, 1.807) is 0 Å². The highest BCUT2D eigenvalue weighted by atomic mass is 19.1. The summed E-state index contributed by atoms with van der Waals surface area (Å²) in [5.41, 5.74) is 3.42. The van der Waals surface area contributed by atoms with Crippen LogP contribution in [0.2, 0.25) is 0 Å². The molecule has 2 N–H and O–H groups in total. The number of aromatic amines is 2. The third kappa shape index (κ3) is 2.73. The Labute approximate surface area is 153 Å². The lowest BCUT2D eigenvalue weighted by Gasteiger charge is -2.34. The molecule has 0 aliphatic carbocycles. The van der Waals surface area contributed by atoms with E-state index in [-0.39, 0.29) is 5.39 Å². The zero-order valence-electron chi connectivity index (χ0n) is 14.8. The van der Waals surface area contributed by atoms with Crippen molar-refractivity contribution in [3.8, 4) is 11.5 Å². The Morgan fingerprint density at radius 1 is 1.00 bits per heavy atom. The second kappa shape index (κ2) is 6.02. The van der Waals surface area contributed by atoms with E-state index in [2.05, 4.69) is 49.1 Å². The van der Waals surface area contributed by atoms with E-state index in [9.17, 15) is 8.78 Å². The number of hydrogen-bond acceptors (Lipinski definition) is 4. The Hall–Kier alpha value is -3.00. The minimum absolute atomic E-state index is 0.231. The van der Waals surface area contributed by atoms with Gasteiger partial charge in [-0.2, -0.15) is 5.10 Å². The molecule has 3 heterocycles. The molecule has 1 fully saturated rings. The zero-order chi connectivity index (χ0) is 18.5. The van der Waals surface area contributed by atoms with Crippen molar-refractivity contribution in [3.05, 3.63) is 42.0 Å². The largest absolute Gasteiger partial charge is 0.369 e. The van der Waals surface area contributed by atoms with E-state index in [1.165, 1.54) is 6.07 Å². The summed E-state index contributed by atoms with van der Waals surface area (Å²) in [4.78, 5) is 12.4. The smallest absolute Gasteiger partial charge is 0.159 e. The molecule has 2 aromatic carbocycles. The number of nitrogens with zero attached hydrogens (tertiary/aromatic N) is 4. The van der Waals surface area contributed by atoms with Gasteiger partial charge in [0, 0.05) is 37.9 Å². The fraction of sp³-hybridized carbons (Fsp3) is 0.263. The summed E-state index contributed by atoms with van der Waals surface area (Å²) in [6.07, 6.45) is 0. The molecule has 1 aliphatic heterocycles. The van der Waals surface area contributed by atoms with Crippen LogP contribution in [-0.2, 0) is 0 Å². The first-order chi connectivity index (χ1) is 13.1. The fourth-order valence-electron chi connectivity index (χ4n) is 3.62. The van der Waals surface area contributed by atoms with E-state index in [0.29, 0.717) is 17.0 Å². The van der Waals surface area contributed by atoms with Gasteiger partial charge in [0.25, 0.3) is 0 Å². The topological polar surface area (TPSA) is 63.8 Å². The molecule has 0 saturated carbocycles. The lowest BCUT2D eigenvalue weighted by Crippen LogP contribution is -2.44. The van der Waals surface area contributed by atoms with Gasteiger partial charge in [0.15, 0.2) is 5.82 Å². The molecule has 0 spiro atoms. The molecule has 0 atom stereocenters. The molecule has 138 valence electrons. The molecule has 1 saturated heterocycles. The van der Waals surface area contributed by atoms with Gasteiger partial charge in [-0.3, -0.25) is 5.10 Å². The second-order valence-corrected chi connectivity index (χ2v) is 6.96. The summed E-state index contributed by atoms with van der Waals surface area (Å²) in [6, 6.07) is 8.14. The zero-order valence-corrected chi connectivity index (χ0v) is 14.8. The Balaban J connectivity index is 1.56. The maximum Gasteiger partial charge on any atom is 0.159 e. The van der Waals surface area contributed by atoms with Gasteiger partial charge in [0.05, 0.1) is 21.9 Å². The summed E-state index contributed by atoms with van der Waals surface area (Å²) < 4.78 is 27.7. The number of fused-ring (bicyclic) bond motifs is 2. The lowest BCUT2D eigenvalue weighted by atomic mass is 10.2. The van der Waals surface area contributed by atoms with E-state index >= 15 is 0 Å². The average Bonchev–Trinajstić information content (AvgIpc) is 3.25. The van der Waals surface area contributed by atoms with Crippen molar-refractivity contribution in [1.82, 2.24) is 25.1 Å².